The lowest BCUT2D eigenvalue weighted by molar-refractivity contribution is -0.384. The van der Waals surface area contributed by atoms with E-state index in [9.17, 15) is 14.9 Å². The molecule has 1 aliphatic rings. The van der Waals surface area contributed by atoms with E-state index in [1.807, 2.05) is 0 Å². The molecule has 26 heavy (non-hydrogen) atoms. The summed E-state index contributed by atoms with van der Waals surface area (Å²) >= 11 is 18.6. The summed E-state index contributed by atoms with van der Waals surface area (Å²) in [4.78, 5) is 23.2. The fourth-order valence-electron chi connectivity index (χ4n) is 2.13. The first-order valence-electron chi connectivity index (χ1n) is 7.10. The highest BCUT2D eigenvalue weighted by atomic mass is 35.5. The van der Waals surface area contributed by atoms with Gasteiger partial charge >= 0.3 is 0 Å². The number of nitrogens with zero attached hydrogens (tertiary/aromatic N) is 2. The number of anilines is 1. The van der Waals surface area contributed by atoms with E-state index in [0.717, 1.165) is 11.8 Å². The Labute approximate surface area is 167 Å². The Morgan fingerprint density at radius 2 is 1.77 bits per heavy atom. The number of thiocarbonyl (C=S) groups is 1. The Kier molecular flexibility index (Phi) is 5.47. The maximum Gasteiger partial charge on any atom is 0.285 e. The van der Waals surface area contributed by atoms with E-state index in [4.69, 9.17) is 35.4 Å². The van der Waals surface area contributed by atoms with Crippen LogP contribution in [0.5, 0.6) is 0 Å². The number of carbonyl (C=O) groups excluding carboxylic acids is 1. The van der Waals surface area contributed by atoms with Crippen molar-refractivity contribution in [3.05, 3.63) is 73.1 Å². The summed E-state index contributed by atoms with van der Waals surface area (Å²) in [6.07, 6.45) is 1.58. The number of nitro benzene ring substituents is 1. The first kappa shape index (κ1) is 18.7. The molecule has 1 fully saturated rings. The Balaban J connectivity index is 1.83. The summed E-state index contributed by atoms with van der Waals surface area (Å²) < 4.78 is 0.294. The smallest absolute Gasteiger partial charge is 0.285 e. The Bertz CT molecular complexity index is 928. The van der Waals surface area contributed by atoms with E-state index in [-0.39, 0.29) is 11.6 Å². The third kappa shape index (κ3) is 3.83. The van der Waals surface area contributed by atoms with E-state index in [1.54, 1.807) is 24.3 Å². The number of non-ortho nitro benzene ring substituents is 1. The van der Waals surface area contributed by atoms with Gasteiger partial charge in [0.1, 0.15) is 0 Å². The highest BCUT2D eigenvalue weighted by molar-refractivity contribution is 8.26. The topological polar surface area (TPSA) is 75.5 Å². The van der Waals surface area contributed by atoms with Crippen molar-refractivity contribution in [2.75, 3.05) is 5.43 Å². The Morgan fingerprint density at radius 3 is 2.35 bits per heavy atom. The van der Waals surface area contributed by atoms with Crippen molar-refractivity contribution < 1.29 is 9.72 Å². The van der Waals surface area contributed by atoms with Gasteiger partial charge in [-0.2, -0.15) is 0 Å². The molecule has 6 nitrogen and oxygen atoms in total. The number of rotatable bonds is 4. The van der Waals surface area contributed by atoms with Crippen LogP contribution in [-0.2, 0) is 4.79 Å². The van der Waals surface area contributed by atoms with Gasteiger partial charge < -0.3 is 0 Å². The second-order valence-electron chi connectivity index (χ2n) is 5.07. The second-order valence-corrected chi connectivity index (χ2v) is 7.56. The van der Waals surface area contributed by atoms with E-state index < -0.39 is 4.92 Å². The molecule has 0 aromatic heterocycles. The summed E-state index contributed by atoms with van der Waals surface area (Å²) in [5.74, 6) is -0.366. The molecule has 0 aliphatic carbocycles. The van der Waals surface area contributed by atoms with Crippen LogP contribution < -0.4 is 5.43 Å². The third-order valence-electron chi connectivity index (χ3n) is 3.39. The molecular weight excluding hydrogens is 417 g/mol. The zero-order valence-corrected chi connectivity index (χ0v) is 16.0. The Morgan fingerprint density at radius 1 is 1.15 bits per heavy atom. The average Bonchev–Trinajstić information content (AvgIpc) is 2.86. The van der Waals surface area contributed by atoms with Crippen molar-refractivity contribution >= 4 is 74.9 Å². The molecule has 10 heteroatoms. The summed E-state index contributed by atoms with van der Waals surface area (Å²) in [5, 5.41) is 12.7. The zero-order valence-electron chi connectivity index (χ0n) is 12.8. The van der Waals surface area contributed by atoms with Gasteiger partial charge in [0.05, 0.1) is 15.5 Å². The normalized spacial score (nSPS) is 15.6. The predicted molar refractivity (Wildman–Crippen MR) is 108 cm³/mol. The third-order valence-corrected chi connectivity index (χ3v) is 5.35. The van der Waals surface area contributed by atoms with Gasteiger partial charge in [-0.1, -0.05) is 41.0 Å². The minimum absolute atomic E-state index is 0.0470. The van der Waals surface area contributed by atoms with Crippen LogP contribution >= 0.6 is 47.2 Å². The summed E-state index contributed by atoms with van der Waals surface area (Å²) in [5.41, 5.74) is 3.82. The maximum atomic E-state index is 12.6. The highest BCUT2D eigenvalue weighted by Crippen LogP contribution is 2.35. The van der Waals surface area contributed by atoms with Crippen LogP contribution in [-0.4, -0.2) is 20.2 Å². The number of amides is 1. The summed E-state index contributed by atoms with van der Waals surface area (Å²) in [7, 11) is 0. The molecule has 1 heterocycles. The molecule has 1 amide bonds. The number of carbonyl (C=O) groups is 1. The second kappa shape index (κ2) is 7.63. The molecular formula is C16H9Cl2N3O3S2. The molecule has 2 aromatic carbocycles. The van der Waals surface area contributed by atoms with Crippen LogP contribution in [0.4, 0.5) is 11.4 Å². The van der Waals surface area contributed by atoms with Crippen LogP contribution in [0.15, 0.2) is 47.4 Å². The maximum absolute atomic E-state index is 12.6. The van der Waals surface area contributed by atoms with Gasteiger partial charge in [-0.25, -0.2) is 5.01 Å². The molecule has 1 N–H and O–H groups in total. The van der Waals surface area contributed by atoms with E-state index >= 15 is 0 Å². The van der Waals surface area contributed by atoms with E-state index in [2.05, 4.69) is 5.43 Å². The minimum Gasteiger partial charge on any atom is -0.290 e. The molecule has 1 aliphatic heterocycles. The Hall–Kier alpha value is -2.13. The number of halogens is 2. The van der Waals surface area contributed by atoms with Crippen LogP contribution in [0.1, 0.15) is 5.56 Å². The fraction of sp³-hybridized carbons (Fsp3) is 0. The van der Waals surface area contributed by atoms with Crippen molar-refractivity contribution in [2.24, 2.45) is 0 Å². The summed E-state index contributed by atoms with van der Waals surface area (Å²) in [6.45, 7) is 0. The number of hydrogen-bond acceptors (Lipinski definition) is 6. The monoisotopic (exact) mass is 425 g/mol. The SMILES string of the molecule is O=C1/C(=C\c2c(Cl)cccc2Cl)SC(=S)N1Nc1ccc([N+](=O)[O-])cc1. The number of benzene rings is 2. The number of hydrogen-bond donors (Lipinski definition) is 1. The molecule has 0 unspecified atom stereocenters. The van der Waals surface area contributed by atoms with Crippen LogP contribution in [0.2, 0.25) is 10.0 Å². The van der Waals surface area contributed by atoms with Crippen LogP contribution in [0.25, 0.3) is 6.08 Å². The molecule has 0 saturated carbocycles. The van der Waals surface area contributed by atoms with E-state index in [1.165, 1.54) is 29.3 Å². The number of nitro groups is 1. The van der Waals surface area contributed by atoms with Gasteiger partial charge in [0.15, 0.2) is 4.32 Å². The summed E-state index contributed by atoms with van der Waals surface area (Å²) in [6, 6.07) is 10.7. The van der Waals surface area contributed by atoms with Crippen LogP contribution in [0.3, 0.4) is 0 Å². The predicted octanol–water partition coefficient (Wildman–Crippen LogP) is 5.13. The lowest BCUT2D eigenvalue weighted by Crippen LogP contribution is -2.33. The zero-order chi connectivity index (χ0) is 18.8. The van der Waals surface area contributed by atoms with Gasteiger partial charge in [-0.05, 0) is 42.6 Å². The van der Waals surface area contributed by atoms with Gasteiger partial charge in [0.25, 0.3) is 11.6 Å². The van der Waals surface area contributed by atoms with E-state index in [0.29, 0.717) is 30.5 Å². The van der Waals surface area contributed by atoms with Crippen molar-refractivity contribution in [1.29, 1.82) is 0 Å². The molecule has 2 aromatic rings. The molecule has 3 rings (SSSR count). The first-order chi connectivity index (χ1) is 12.4. The first-order valence-corrected chi connectivity index (χ1v) is 9.08. The van der Waals surface area contributed by atoms with Crippen molar-refractivity contribution in [2.45, 2.75) is 0 Å². The molecule has 132 valence electrons. The molecule has 0 bridgehead atoms. The largest absolute Gasteiger partial charge is 0.290 e. The number of thioether (sulfide) groups is 1. The quantitative estimate of drug-likeness (QED) is 0.316. The lowest BCUT2D eigenvalue weighted by atomic mass is 10.2. The van der Waals surface area contributed by atoms with Gasteiger partial charge in [0.2, 0.25) is 0 Å². The van der Waals surface area contributed by atoms with Gasteiger partial charge in [-0.3, -0.25) is 20.3 Å². The van der Waals surface area contributed by atoms with Crippen molar-refractivity contribution in [3.63, 3.8) is 0 Å². The lowest BCUT2D eigenvalue weighted by Gasteiger charge is -2.16. The minimum atomic E-state index is -0.501. The highest BCUT2D eigenvalue weighted by Gasteiger charge is 2.33. The number of hydrazine groups is 1. The van der Waals surface area contributed by atoms with Gasteiger partial charge in [0, 0.05) is 27.7 Å². The standard InChI is InChI=1S/C16H9Cl2N3O3S2/c17-12-2-1-3-13(18)11(12)8-14-15(22)20(16(25)26-14)19-9-4-6-10(7-5-9)21(23)24/h1-8,19H/b14-8+. The van der Waals surface area contributed by atoms with Gasteiger partial charge in [-0.15, -0.1) is 0 Å². The molecule has 0 radical (unpaired) electrons. The van der Waals surface area contributed by atoms with Crippen LogP contribution in [0, 0.1) is 10.1 Å². The molecule has 0 spiro atoms. The van der Waals surface area contributed by atoms with Crippen molar-refractivity contribution in [1.82, 2.24) is 5.01 Å². The number of nitrogens with one attached hydrogen (secondary N) is 1. The fourth-order valence-corrected chi connectivity index (χ4v) is 3.80. The average molecular weight is 426 g/mol. The molecule has 1 saturated heterocycles. The molecule has 0 atom stereocenters. The van der Waals surface area contributed by atoms with Crippen molar-refractivity contribution in [3.8, 4) is 0 Å².